The number of carbonyl (C=O) groups excluding carboxylic acids is 1. The van der Waals surface area contributed by atoms with Crippen molar-refractivity contribution in [3.8, 4) is 11.4 Å². The van der Waals surface area contributed by atoms with E-state index < -0.39 is 0 Å². The molecule has 0 aliphatic rings. The van der Waals surface area contributed by atoms with E-state index in [9.17, 15) is 9.90 Å². The van der Waals surface area contributed by atoms with Crippen molar-refractivity contribution < 1.29 is 9.90 Å². The summed E-state index contributed by atoms with van der Waals surface area (Å²) in [6.07, 6.45) is 5.22. The van der Waals surface area contributed by atoms with E-state index in [2.05, 4.69) is 10.5 Å². The molecule has 0 spiro atoms. The van der Waals surface area contributed by atoms with Crippen molar-refractivity contribution in [1.82, 2.24) is 9.99 Å². The number of phenolic OH excluding ortho intramolecular Hbond substituents is 1. The van der Waals surface area contributed by atoms with E-state index in [0.717, 1.165) is 16.5 Å². The fourth-order valence-corrected chi connectivity index (χ4v) is 3.02. The average molecular weight is 355 g/mol. The molecule has 1 aromatic heterocycles. The Morgan fingerprint density at radius 3 is 2.52 bits per heavy atom. The smallest absolute Gasteiger partial charge is 0.273 e. The molecule has 4 aromatic rings. The fraction of sp³-hybridized carbons (Fsp3) is 0. The lowest BCUT2D eigenvalue weighted by Crippen LogP contribution is -2.19. The van der Waals surface area contributed by atoms with Crippen LogP contribution in [0.1, 0.15) is 15.9 Å². The molecule has 0 aliphatic carbocycles. The van der Waals surface area contributed by atoms with Crippen LogP contribution in [-0.2, 0) is 0 Å². The molecule has 3 aromatic carbocycles. The van der Waals surface area contributed by atoms with Gasteiger partial charge in [-0.05, 0) is 41.1 Å². The Hall–Kier alpha value is -3.86. The van der Waals surface area contributed by atoms with Gasteiger partial charge in [-0.25, -0.2) is 5.43 Å². The number of nitrogens with one attached hydrogen (secondary N) is 1. The van der Waals surface area contributed by atoms with Crippen molar-refractivity contribution >= 4 is 22.9 Å². The predicted molar refractivity (Wildman–Crippen MR) is 106 cm³/mol. The Bertz CT molecular complexity index is 1130. The summed E-state index contributed by atoms with van der Waals surface area (Å²) in [5.41, 5.74) is 4.38. The van der Waals surface area contributed by atoms with Crippen LogP contribution < -0.4 is 5.43 Å². The molecular weight excluding hydrogens is 338 g/mol. The molecule has 1 heterocycles. The maximum absolute atomic E-state index is 12.6. The Morgan fingerprint density at radius 2 is 1.67 bits per heavy atom. The summed E-state index contributed by atoms with van der Waals surface area (Å²) in [4.78, 5) is 12.6. The Morgan fingerprint density at radius 1 is 0.926 bits per heavy atom. The minimum atomic E-state index is -0.324. The molecule has 0 unspecified atom stereocenters. The molecule has 0 saturated carbocycles. The van der Waals surface area contributed by atoms with E-state index in [-0.39, 0.29) is 11.7 Å². The summed E-state index contributed by atoms with van der Waals surface area (Å²) in [6.45, 7) is 0. The van der Waals surface area contributed by atoms with Gasteiger partial charge in [0, 0.05) is 18.0 Å². The van der Waals surface area contributed by atoms with Gasteiger partial charge >= 0.3 is 0 Å². The van der Waals surface area contributed by atoms with Gasteiger partial charge in [-0.1, -0.05) is 42.5 Å². The van der Waals surface area contributed by atoms with Crippen molar-refractivity contribution in [1.29, 1.82) is 0 Å². The Labute approximate surface area is 156 Å². The van der Waals surface area contributed by atoms with E-state index in [1.165, 1.54) is 6.21 Å². The highest BCUT2D eigenvalue weighted by Gasteiger charge is 2.11. The van der Waals surface area contributed by atoms with Gasteiger partial charge in [0.1, 0.15) is 5.75 Å². The molecule has 0 atom stereocenters. The first-order valence-corrected chi connectivity index (χ1v) is 8.50. The lowest BCUT2D eigenvalue weighted by molar-refractivity contribution is 0.0955. The Kier molecular flexibility index (Phi) is 4.41. The predicted octanol–water partition coefficient (Wildman–Crippen LogP) is 4.10. The number of nitrogens with zero attached hydrogens (tertiary/aromatic N) is 2. The number of hydrogen-bond donors (Lipinski definition) is 2. The van der Waals surface area contributed by atoms with Gasteiger partial charge in [-0.2, -0.15) is 5.10 Å². The number of hydrogen-bond acceptors (Lipinski definition) is 3. The zero-order valence-corrected chi connectivity index (χ0v) is 14.4. The molecule has 2 N–H and O–H groups in total. The number of carbonyl (C=O) groups is 1. The third-order valence-electron chi connectivity index (χ3n) is 4.34. The highest BCUT2D eigenvalue weighted by molar-refractivity contribution is 6.03. The summed E-state index contributed by atoms with van der Waals surface area (Å²) in [5, 5.41) is 16.1. The van der Waals surface area contributed by atoms with Crippen LogP contribution >= 0.6 is 0 Å². The second-order valence-corrected chi connectivity index (χ2v) is 6.03. The van der Waals surface area contributed by atoms with E-state index >= 15 is 0 Å². The van der Waals surface area contributed by atoms with Gasteiger partial charge in [-0.3, -0.25) is 4.79 Å². The zero-order valence-electron chi connectivity index (χ0n) is 14.4. The van der Waals surface area contributed by atoms with Gasteiger partial charge in [0.2, 0.25) is 0 Å². The van der Waals surface area contributed by atoms with E-state index in [0.29, 0.717) is 11.1 Å². The SMILES string of the molecule is O=C(NN=Cc1c(O)ccc2ccccc12)c1ccccc1-n1cccc1. The summed E-state index contributed by atoms with van der Waals surface area (Å²) in [7, 11) is 0. The normalized spacial score (nSPS) is 11.1. The van der Waals surface area contributed by atoms with Crippen LogP contribution in [0, 0.1) is 0 Å². The van der Waals surface area contributed by atoms with Crippen molar-refractivity contribution in [3.05, 3.63) is 96.3 Å². The van der Waals surface area contributed by atoms with Gasteiger partial charge in [0.25, 0.3) is 5.91 Å². The molecule has 5 nitrogen and oxygen atoms in total. The molecule has 0 bridgehead atoms. The summed E-state index contributed by atoms with van der Waals surface area (Å²) >= 11 is 0. The number of para-hydroxylation sites is 1. The number of phenols is 1. The third kappa shape index (κ3) is 3.30. The van der Waals surface area contributed by atoms with Crippen LogP contribution in [0.4, 0.5) is 0 Å². The quantitative estimate of drug-likeness (QED) is 0.427. The third-order valence-corrected chi connectivity index (χ3v) is 4.34. The first-order valence-electron chi connectivity index (χ1n) is 8.50. The topological polar surface area (TPSA) is 66.6 Å². The van der Waals surface area contributed by atoms with Crippen LogP contribution in [0.3, 0.4) is 0 Å². The van der Waals surface area contributed by atoms with Crippen LogP contribution in [0.15, 0.2) is 90.3 Å². The van der Waals surface area contributed by atoms with E-state index in [4.69, 9.17) is 0 Å². The molecule has 132 valence electrons. The highest BCUT2D eigenvalue weighted by Crippen LogP contribution is 2.25. The van der Waals surface area contributed by atoms with Gasteiger partial charge in [-0.15, -0.1) is 0 Å². The molecule has 0 radical (unpaired) electrons. The maximum Gasteiger partial charge on any atom is 0.273 e. The highest BCUT2D eigenvalue weighted by atomic mass is 16.3. The lowest BCUT2D eigenvalue weighted by atomic mass is 10.0. The number of hydrazone groups is 1. The summed E-state index contributed by atoms with van der Waals surface area (Å²) in [5.74, 6) is -0.213. The molecule has 0 saturated heterocycles. The number of aromatic hydroxyl groups is 1. The van der Waals surface area contributed by atoms with Crippen LogP contribution in [0.5, 0.6) is 5.75 Å². The number of rotatable bonds is 4. The first kappa shape index (κ1) is 16.6. The monoisotopic (exact) mass is 355 g/mol. The summed E-state index contributed by atoms with van der Waals surface area (Å²) < 4.78 is 1.87. The molecule has 27 heavy (non-hydrogen) atoms. The number of fused-ring (bicyclic) bond motifs is 1. The van der Waals surface area contributed by atoms with Crippen molar-refractivity contribution in [2.75, 3.05) is 0 Å². The first-order chi connectivity index (χ1) is 13.2. The van der Waals surface area contributed by atoms with Crippen molar-refractivity contribution in [3.63, 3.8) is 0 Å². The van der Waals surface area contributed by atoms with Crippen LogP contribution in [0.25, 0.3) is 16.5 Å². The van der Waals surface area contributed by atoms with Crippen LogP contribution in [0.2, 0.25) is 0 Å². The molecule has 4 rings (SSSR count). The lowest BCUT2D eigenvalue weighted by Gasteiger charge is -2.09. The molecular formula is C22H17N3O2. The summed E-state index contributed by atoms with van der Waals surface area (Å²) in [6, 6.07) is 22.2. The van der Waals surface area contributed by atoms with Crippen LogP contribution in [-0.4, -0.2) is 21.8 Å². The van der Waals surface area contributed by atoms with Gasteiger partial charge in [0.15, 0.2) is 0 Å². The Balaban J connectivity index is 1.60. The second kappa shape index (κ2) is 7.17. The zero-order chi connectivity index (χ0) is 18.6. The molecule has 1 amide bonds. The van der Waals surface area contributed by atoms with Gasteiger partial charge < -0.3 is 9.67 Å². The molecule has 5 heteroatoms. The average Bonchev–Trinajstić information content (AvgIpc) is 3.24. The van der Waals surface area contributed by atoms with Gasteiger partial charge in [0.05, 0.1) is 17.5 Å². The largest absolute Gasteiger partial charge is 0.507 e. The van der Waals surface area contributed by atoms with Crippen molar-refractivity contribution in [2.24, 2.45) is 5.10 Å². The minimum absolute atomic E-state index is 0.111. The number of amides is 1. The van der Waals surface area contributed by atoms with E-state index in [1.54, 1.807) is 12.1 Å². The van der Waals surface area contributed by atoms with E-state index in [1.807, 2.05) is 77.6 Å². The molecule has 0 fully saturated rings. The number of benzene rings is 3. The minimum Gasteiger partial charge on any atom is -0.507 e. The standard InChI is InChI=1S/C22H17N3O2/c26-21-12-11-16-7-1-2-8-17(16)19(21)15-23-24-22(27)18-9-3-4-10-20(18)25-13-5-6-14-25/h1-15,26H,(H,24,27). The molecule has 0 aliphatic heterocycles. The second-order valence-electron chi connectivity index (χ2n) is 6.03. The fourth-order valence-electron chi connectivity index (χ4n) is 3.02. The number of aromatic nitrogens is 1. The maximum atomic E-state index is 12.6. The van der Waals surface area contributed by atoms with Crippen molar-refractivity contribution in [2.45, 2.75) is 0 Å².